The maximum Gasteiger partial charge on any atom is 0.171 e. The number of rotatable bonds is 5. The molecular weight excluding hydrogens is 326 g/mol. The van der Waals surface area contributed by atoms with Gasteiger partial charge in [-0.15, -0.1) is 10.2 Å². The molecule has 2 heterocycles. The van der Waals surface area contributed by atoms with Gasteiger partial charge in [-0.3, -0.25) is 0 Å². The monoisotopic (exact) mass is 353 g/mol. The second kappa shape index (κ2) is 6.67. The zero-order chi connectivity index (χ0) is 17.5. The maximum absolute atomic E-state index is 6.11. The Morgan fingerprint density at radius 2 is 1.92 bits per heavy atom. The summed E-state index contributed by atoms with van der Waals surface area (Å²) < 4.78 is 8.45. The van der Waals surface area contributed by atoms with Crippen molar-refractivity contribution in [2.75, 3.05) is 13.1 Å². The fourth-order valence-corrected chi connectivity index (χ4v) is 4.21. The van der Waals surface area contributed by atoms with Gasteiger partial charge in [-0.25, -0.2) is 0 Å². The number of benzene rings is 1. The quantitative estimate of drug-likeness (QED) is 0.861. The highest BCUT2D eigenvalue weighted by molar-refractivity contribution is 5.37. The van der Waals surface area contributed by atoms with Crippen LogP contribution in [-0.2, 0) is 19.4 Å². The first kappa shape index (κ1) is 16.3. The normalized spacial score (nSPS) is 25.3. The lowest BCUT2D eigenvalue weighted by atomic mass is 9.80. The van der Waals surface area contributed by atoms with Crippen LogP contribution in [-0.4, -0.2) is 33.9 Å². The molecule has 2 saturated carbocycles. The summed E-state index contributed by atoms with van der Waals surface area (Å²) in [4.78, 5) is 0. The van der Waals surface area contributed by atoms with E-state index in [2.05, 4.69) is 38.3 Å². The van der Waals surface area contributed by atoms with E-state index in [0.29, 0.717) is 24.6 Å². The Balaban J connectivity index is 1.32. The first-order valence-corrected chi connectivity index (χ1v) is 9.92. The van der Waals surface area contributed by atoms with Gasteiger partial charge >= 0.3 is 0 Å². The second-order valence-corrected chi connectivity index (χ2v) is 7.97. The smallest absolute Gasteiger partial charge is 0.171 e. The molecule has 6 heteroatoms. The first-order valence-electron chi connectivity index (χ1n) is 9.92. The molecular formula is C20H27N5O. The zero-order valence-corrected chi connectivity index (χ0v) is 15.2. The number of nitrogens with zero attached hydrogens (tertiary/aromatic N) is 3. The Morgan fingerprint density at radius 3 is 2.69 bits per heavy atom. The molecule has 0 atom stereocenters. The van der Waals surface area contributed by atoms with Gasteiger partial charge in [0.15, 0.2) is 5.82 Å². The van der Waals surface area contributed by atoms with Crippen molar-refractivity contribution in [1.82, 2.24) is 20.1 Å². The Labute approximate surface area is 154 Å². The topological polar surface area (TPSA) is 78.0 Å². The van der Waals surface area contributed by atoms with E-state index >= 15 is 0 Å². The van der Waals surface area contributed by atoms with Gasteiger partial charge in [0.25, 0.3) is 0 Å². The zero-order valence-electron chi connectivity index (χ0n) is 15.2. The van der Waals surface area contributed by atoms with Gasteiger partial charge in [-0.1, -0.05) is 6.07 Å². The third kappa shape index (κ3) is 3.12. The lowest BCUT2D eigenvalue weighted by Crippen LogP contribution is -2.36. The number of ether oxygens (including phenoxy) is 1. The number of aromatic nitrogens is 3. The molecule has 1 aromatic carbocycles. The highest BCUT2D eigenvalue weighted by Gasteiger charge is 2.36. The minimum atomic E-state index is 0.332. The third-order valence-corrected chi connectivity index (χ3v) is 5.93. The Hall–Kier alpha value is -1.92. The molecule has 2 fully saturated rings. The van der Waals surface area contributed by atoms with Gasteiger partial charge < -0.3 is 20.4 Å². The van der Waals surface area contributed by atoms with Gasteiger partial charge in [0.1, 0.15) is 18.2 Å². The molecule has 0 spiro atoms. The predicted octanol–water partition coefficient (Wildman–Crippen LogP) is 2.08. The van der Waals surface area contributed by atoms with Crippen LogP contribution in [0.2, 0.25) is 0 Å². The molecule has 0 unspecified atom stereocenters. The van der Waals surface area contributed by atoms with Crippen molar-refractivity contribution in [3.05, 3.63) is 41.0 Å². The van der Waals surface area contributed by atoms with Crippen molar-refractivity contribution in [1.29, 1.82) is 0 Å². The molecule has 0 amide bonds. The van der Waals surface area contributed by atoms with E-state index in [1.807, 2.05) is 0 Å². The average Bonchev–Trinajstić information content (AvgIpc) is 3.41. The fourth-order valence-electron chi connectivity index (χ4n) is 4.21. The lowest BCUT2D eigenvalue weighted by molar-refractivity contribution is 0.284. The molecule has 6 nitrogen and oxygen atoms in total. The fraction of sp³-hybridized carbons (Fsp3) is 0.600. The van der Waals surface area contributed by atoms with Gasteiger partial charge in [-0.2, -0.15) is 0 Å². The third-order valence-electron chi connectivity index (χ3n) is 5.93. The standard InChI is InChI=1S/C20H27N5O/c21-16-9-15(10-16)20-24-23-19(25(20)17-2-3-17)12-26-18-4-1-13-5-7-22-8-6-14(13)11-18/h1,4,11,15-17,22H,2-3,5-10,12,21H2. The van der Waals surface area contributed by atoms with Gasteiger partial charge in [0, 0.05) is 18.0 Å². The van der Waals surface area contributed by atoms with Crippen LogP contribution in [0.1, 0.15) is 60.4 Å². The Morgan fingerprint density at radius 1 is 1.12 bits per heavy atom. The van der Waals surface area contributed by atoms with Crippen molar-refractivity contribution in [3.8, 4) is 5.75 Å². The van der Waals surface area contributed by atoms with Crippen LogP contribution in [0.5, 0.6) is 5.75 Å². The van der Waals surface area contributed by atoms with Crippen molar-refractivity contribution in [3.63, 3.8) is 0 Å². The van der Waals surface area contributed by atoms with Crippen LogP contribution < -0.4 is 15.8 Å². The summed E-state index contributed by atoms with van der Waals surface area (Å²) in [6, 6.07) is 7.40. The van der Waals surface area contributed by atoms with Crippen molar-refractivity contribution >= 4 is 0 Å². The molecule has 5 rings (SSSR count). The molecule has 3 aliphatic rings. The van der Waals surface area contributed by atoms with E-state index in [-0.39, 0.29) is 0 Å². The largest absolute Gasteiger partial charge is 0.486 e. The highest BCUT2D eigenvalue weighted by Crippen LogP contribution is 2.42. The van der Waals surface area contributed by atoms with E-state index in [0.717, 1.165) is 56.2 Å². The van der Waals surface area contributed by atoms with Gasteiger partial charge in [-0.05, 0) is 74.9 Å². The van der Waals surface area contributed by atoms with E-state index in [4.69, 9.17) is 10.5 Å². The van der Waals surface area contributed by atoms with E-state index in [1.54, 1.807) is 0 Å². The molecule has 1 aromatic heterocycles. The van der Waals surface area contributed by atoms with Gasteiger partial charge in [0.2, 0.25) is 0 Å². The number of hydrogen-bond acceptors (Lipinski definition) is 5. The van der Waals surface area contributed by atoms with E-state index in [1.165, 1.54) is 24.0 Å². The van der Waals surface area contributed by atoms with Crippen molar-refractivity contribution < 1.29 is 4.74 Å². The highest BCUT2D eigenvalue weighted by atomic mass is 16.5. The minimum absolute atomic E-state index is 0.332. The molecule has 2 aliphatic carbocycles. The molecule has 3 N–H and O–H groups in total. The average molecular weight is 353 g/mol. The molecule has 0 bridgehead atoms. The first-order chi connectivity index (χ1) is 12.8. The number of hydrogen-bond donors (Lipinski definition) is 2. The van der Waals surface area contributed by atoms with E-state index in [9.17, 15) is 0 Å². The summed E-state index contributed by atoms with van der Waals surface area (Å²) in [7, 11) is 0. The summed E-state index contributed by atoms with van der Waals surface area (Å²) in [5.74, 6) is 3.50. The Bertz CT molecular complexity index is 791. The lowest BCUT2D eigenvalue weighted by Gasteiger charge is -2.31. The molecule has 1 aliphatic heterocycles. The summed E-state index contributed by atoms with van der Waals surface area (Å²) in [6.45, 7) is 2.59. The molecule has 26 heavy (non-hydrogen) atoms. The van der Waals surface area contributed by atoms with Crippen molar-refractivity contribution in [2.24, 2.45) is 5.73 Å². The van der Waals surface area contributed by atoms with Gasteiger partial charge in [0.05, 0.1) is 0 Å². The summed E-state index contributed by atoms with van der Waals surface area (Å²) >= 11 is 0. The minimum Gasteiger partial charge on any atom is -0.486 e. The van der Waals surface area contributed by atoms with Crippen LogP contribution in [0, 0.1) is 0 Å². The number of fused-ring (bicyclic) bond motifs is 1. The summed E-state index contributed by atoms with van der Waals surface area (Å²) in [5.41, 5.74) is 8.81. The molecule has 2 aromatic rings. The predicted molar refractivity (Wildman–Crippen MR) is 99.3 cm³/mol. The molecule has 138 valence electrons. The molecule has 0 saturated heterocycles. The van der Waals surface area contributed by atoms with E-state index < -0.39 is 0 Å². The van der Waals surface area contributed by atoms with Crippen molar-refractivity contribution in [2.45, 2.75) is 63.1 Å². The number of nitrogens with two attached hydrogens (primary N) is 1. The van der Waals surface area contributed by atoms with Crippen LogP contribution in [0.15, 0.2) is 18.2 Å². The molecule has 0 radical (unpaired) electrons. The SMILES string of the molecule is NC1CC(c2nnc(COc3ccc4c(c3)CCNCC4)n2C2CC2)C1. The Kier molecular flexibility index (Phi) is 4.17. The summed E-state index contributed by atoms with van der Waals surface area (Å²) in [6.07, 6.45) is 6.68. The van der Waals surface area contributed by atoms with Crippen LogP contribution in [0.3, 0.4) is 0 Å². The number of nitrogens with one attached hydrogen (secondary N) is 1. The maximum atomic E-state index is 6.11. The van der Waals surface area contributed by atoms with Crippen LogP contribution in [0.4, 0.5) is 0 Å². The van der Waals surface area contributed by atoms with Crippen LogP contribution >= 0.6 is 0 Å². The summed E-state index contributed by atoms with van der Waals surface area (Å²) in [5, 5.41) is 12.4. The van der Waals surface area contributed by atoms with Crippen LogP contribution in [0.25, 0.3) is 0 Å². The second-order valence-electron chi connectivity index (χ2n) is 7.97.